The van der Waals surface area contributed by atoms with E-state index in [0.29, 0.717) is 36.9 Å². The lowest BCUT2D eigenvalue weighted by molar-refractivity contribution is -0.274. The van der Waals surface area contributed by atoms with Crippen LogP contribution in [0, 0.1) is 0 Å². The summed E-state index contributed by atoms with van der Waals surface area (Å²) in [6, 6.07) is 12.3. The number of amides is 1. The van der Waals surface area contributed by atoms with Crippen molar-refractivity contribution < 1.29 is 27.8 Å². The van der Waals surface area contributed by atoms with Crippen molar-refractivity contribution in [2.24, 2.45) is 0 Å². The number of nitrogens with one attached hydrogen (secondary N) is 1. The molecule has 0 fully saturated rings. The largest absolute Gasteiger partial charge is 0.573 e. The van der Waals surface area contributed by atoms with Gasteiger partial charge in [0.2, 0.25) is 5.91 Å². The summed E-state index contributed by atoms with van der Waals surface area (Å²) in [5, 5.41) is 13.3. The van der Waals surface area contributed by atoms with E-state index < -0.39 is 6.36 Å². The summed E-state index contributed by atoms with van der Waals surface area (Å²) in [6.07, 6.45) is -4.56. The number of carbonyl (C=O) groups is 1. The van der Waals surface area contributed by atoms with E-state index in [4.69, 9.17) is 11.6 Å². The molecule has 0 saturated carbocycles. The van der Waals surface area contributed by atoms with Crippen LogP contribution in [0.25, 0.3) is 0 Å². The molecular formula is C23H23ClF3N3O3. The Kier molecular flexibility index (Phi) is 6.83. The predicted octanol–water partition coefficient (Wildman–Crippen LogP) is 4.06. The van der Waals surface area contributed by atoms with Gasteiger partial charge in [0.15, 0.2) is 0 Å². The predicted molar refractivity (Wildman–Crippen MR) is 120 cm³/mol. The minimum absolute atomic E-state index is 0.140. The number of hydrogen-bond donors (Lipinski definition) is 2. The van der Waals surface area contributed by atoms with E-state index in [1.54, 1.807) is 36.4 Å². The molecule has 1 unspecified atom stereocenters. The highest BCUT2D eigenvalue weighted by molar-refractivity contribution is 6.30. The van der Waals surface area contributed by atoms with Gasteiger partial charge in [-0.2, -0.15) is 0 Å². The maximum atomic E-state index is 12.4. The number of anilines is 2. The van der Waals surface area contributed by atoms with Gasteiger partial charge in [0, 0.05) is 55.0 Å². The first-order valence-electron chi connectivity index (χ1n) is 10.4. The molecule has 0 aromatic heterocycles. The van der Waals surface area contributed by atoms with Crippen LogP contribution in [-0.2, 0) is 4.79 Å². The molecule has 2 aliphatic heterocycles. The minimum atomic E-state index is -4.71. The molecule has 0 saturated heterocycles. The van der Waals surface area contributed by atoms with Crippen LogP contribution in [-0.4, -0.2) is 61.1 Å². The summed E-state index contributed by atoms with van der Waals surface area (Å²) in [6.45, 7) is 2.45. The highest BCUT2D eigenvalue weighted by Gasteiger charge is 2.34. The van der Waals surface area contributed by atoms with Crippen molar-refractivity contribution in [3.05, 3.63) is 64.7 Å². The van der Waals surface area contributed by atoms with Gasteiger partial charge in [0.05, 0.1) is 6.61 Å². The Morgan fingerprint density at radius 1 is 1.03 bits per heavy atom. The number of hydrogen-bond acceptors (Lipinski definition) is 5. The third-order valence-corrected chi connectivity index (χ3v) is 6.01. The zero-order valence-corrected chi connectivity index (χ0v) is 18.4. The number of rotatable bonds is 7. The van der Waals surface area contributed by atoms with Crippen LogP contribution in [0.3, 0.4) is 0 Å². The highest BCUT2D eigenvalue weighted by atomic mass is 35.5. The molecule has 1 amide bonds. The molecule has 0 aliphatic carbocycles. The first kappa shape index (κ1) is 23.4. The molecule has 0 spiro atoms. The number of aliphatic hydroxyl groups excluding tert-OH is 1. The standard InChI is InChI=1S/C23H23ClF3N3O3/c24-17-1-3-18(4-2-17)28-22(32)9-20(14-31)30-12-15-10-29(11-16(15)13-30)19-5-7-21(8-6-19)33-23(25,26)27/h1-8,20,31H,9-14H2,(H,28,32). The van der Waals surface area contributed by atoms with Crippen molar-refractivity contribution >= 4 is 28.9 Å². The van der Waals surface area contributed by atoms with Gasteiger partial charge in [-0.15, -0.1) is 13.2 Å². The topological polar surface area (TPSA) is 65.0 Å². The maximum absolute atomic E-state index is 12.4. The number of alkyl halides is 3. The van der Waals surface area contributed by atoms with E-state index in [1.807, 2.05) is 0 Å². The SMILES string of the molecule is O=C(CC(CO)N1CC2=C(CN(c3ccc(OC(F)(F)F)cc3)C2)C1)Nc1ccc(Cl)cc1. The first-order valence-corrected chi connectivity index (χ1v) is 10.8. The van der Waals surface area contributed by atoms with E-state index in [2.05, 4.69) is 19.9 Å². The van der Waals surface area contributed by atoms with Crippen LogP contribution in [0.4, 0.5) is 24.5 Å². The van der Waals surface area contributed by atoms with Crippen molar-refractivity contribution in [3.63, 3.8) is 0 Å². The highest BCUT2D eigenvalue weighted by Crippen LogP contribution is 2.32. The second-order valence-corrected chi connectivity index (χ2v) is 8.54. The lowest BCUT2D eigenvalue weighted by Crippen LogP contribution is -2.41. The van der Waals surface area contributed by atoms with Gasteiger partial charge in [0.25, 0.3) is 0 Å². The molecule has 2 aromatic rings. The molecule has 4 rings (SSSR count). The fraction of sp³-hybridized carbons (Fsp3) is 0.348. The van der Waals surface area contributed by atoms with Gasteiger partial charge >= 0.3 is 6.36 Å². The molecule has 0 radical (unpaired) electrons. The zero-order valence-electron chi connectivity index (χ0n) is 17.6. The van der Waals surface area contributed by atoms with Crippen LogP contribution in [0.5, 0.6) is 5.75 Å². The quantitative estimate of drug-likeness (QED) is 0.584. The van der Waals surface area contributed by atoms with Crippen LogP contribution in [0.15, 0.2) is 59.7 Å². The molecule has 2 aliphatic rings. The molecule has 2 aromatic carbocycles. The molecule has 10 heteroatoms. The Hall–Kier alpha value is -2.75. The summed E-state index contributed by atoms with van der Waals surface area (Å²) < 4.78 is 40.9. The van der Waals surface area contributed by atoms with Gasteiger partial charge in [-0.05, 0) is 59.7 Å². The van der Waals surface area contributed by atoms with Gasteiger partial charge in [-0.1, -0.05) is 11.6 Å². The Morgan fingerprint density at radius 3 is 2.18 bits per heavy atom. The Balaban J connectivity index is 1.29. The van der Waals surface area contributed by atoms with Crippen LogP contribution in [0.2, 0.25) is 5.02 Å². The van der Waals surface area contributed by atoms with Gasteiger partial charge < -0.3 is 20.1 Å². The van der Waals surface area contributed by atoms with Gasteiger partial charge in [-0.3, -0.25) is 9.69 Å². The number of benzene rings is 2. The molecule has 6 nitrogen and oxygen atoms in total. The fourth-order valence-corrected chi connectivity index (χ4v) is 4.30. The number of nitrogens with zero attached hydrogens (tertiary/aromatic N) is 2. The fourth-order valence-electron chi connectivity index (χ4n) is 4.18. The molecule has 176 valence electrons. The first-order chi connectivity index (χ1) is 15.7. The van der Waals surface area contributed by atoms with E-state index in [0.717, 1.165) is 5.69 Å². The van der Waals surface area contributed by atoms with Gasteiger partial charge in [0.1, 0.15) is 5.75 Å². The monoisotopic (exact) mass is 481 g/mol. The normalized spacial score (nSPS) is 17.3. The summed E-state index contributed by atoms with van der Waals surface area (Å²) in [7, 11) is 0. The summed E-state index contributed by atoms with van der Waals surface area (Å²) in [5.74, 6) is -0.439. The lowest BCUT2D eigenvalue weighted by Gasteiger charge is -2.29. The Bertz CT molecular complexity index is 1010. The number of ether oxygens (including phenoxy) is 1. The summed E-state index contributed by atoms with van der Waals surface area (Å²) in [4.78, 5) is 16.6. The van der Waals surface area contributed by atoms with Crippen molar-refractivity contribution in [1.82, 2.24) is 4.90 Å². The van der Waals surface area contributed by atoms with Crippen LogP contribution in [0.1, 0.15) is 6.42 Å². The van der Waals surface area contributed by atoms with Crippen LogP contribution < -0.4 is 15.0 Å². The number of aliphatic hydroxyl groups is 1. The van der Waals surface area contributed by atoms with E-state index in [9.17, 15) is 23.1 Å². The van der Waals surface area contributed by atoms with E-state index >= 15 is 0 Å². The molecule has 1 atom stereocenters. The van der Waals surface area contributed by atoms with Crippen molar-refractivity contribution in [2.45, 2.75) is 18.8 Å². The lowest BCUT2D eigenvalue weighted by atomic mass is 10.1. The molecule has 33 heavy (non-hydrogen) atoms. The zero-order chi connectivity index (χ0) is 23.6. The van der Waals surface area contributed by atoms with E-state index in [1.165, 1.54) is 23.3 Å². The summed E-state index contributed by atoms with van der Waals surface area (Å²) >= 11 is 5.86. The molecule has 2 heterocycles. The van der Waals surface area contributed by atoms with Crippen molar-refractivity contribution in [2.75, 3.05) is 43.0 Å². The maximum Gasteiger partial charge on any atom is 0.573 e. The average Bonchev–Trinajstić information content (AvgIpc) is 3.32. The third-order valence-electron chi connectivity index (χ3n) is 5.76. The number of carbonyl (C=O) groups excluding carboxylic acids is 1. The average molecular weight is 482 g/mol. The molecule has 0 bridgehead atoms. The van der Waals surface area contributed by atoms with Crippen LogP contribution >= 0.6 is 11.6 Å². The molecular weight excluding hydrogens is 459 g/mol. The Labute approximate surface area is 194 Å². The Morgan fingerprint density at radius 2 is 1.64 bits per heavy atom. The second-order valence-electron chi connectivity index (χ2n) is 8.11. The van der Waals surface area contributed by atoms with Gasteiger partial charge in [-0.25, -0.2) is 0 Å². The second kappa shape index (κ2) is 9.62. The summed E-state index contributed by atoms with van der Waals surface area (Å²) in [5.41, 5.74) is 3.88. The van der Waals surface area contributed by atoms with E-state index in [-0.39, 0.29) is 30.7 Å². The minimum Gasteiger partial charge on any atom is -0.406 e. The molecule has 2 N–H and O–H groups in total. The number of halogens is 4. The van der Waals surface area contributed by atoms with Crippen molar-refractivity contribution in [3.8, 4) is 5.75 Å². The third kappa shape index (κ3) is 5.98. The smallest absolute Gasteiger partial charge is 0.406 e. The van der Waals surface area contributed by atoms with Crippen molar-refractivity contribution in [1.29, 1.82) is 0 Å².